The molecule has 3 N–H and O–H groups in total. The van der Waals surface area contributed by atoms with Crippen LogP contribution < -0.4 is 15.5 Å². The Balaban J connectivity index is 1.37. The lowest BCUT2D eigenvalue weighted by atomic mass is 9.94. The highest BCUT2D eigenvalue weighted by Crippen LogP contribution is 2.31. The van der Waals surface area contributed by atoms with Gasteiger partial charge in [-0.3, -0.25) is 24.2 Å². The van der Waals surface area contributed by atoms with Crippen LogP contribution in [0.25, 0.3) is 0 Å². The number of aromatic hydroxyl groups is 1. The predicted octanol–water partition coefficient (Wildman–Crippen LogP) is 2.42. The van der Waals surface area contributed by atoms with Crippen LogP contribution >= 0.6 is 0 Å². The summed E-state index contributed by atoms with van der Waals surface area (Å²) in [6.45, 7) is 3.06. The number of hydrogen-bond donors (Lipinski definition) is 3. The Labute approximate surface area is 180 Å². The molecule has 1 saturated heterocycles. The van der Waals surface area contributed by atoms with Crippen molar-refractivity contribution in [1.82, 2.24) is 4.90 Å². The third-order valence-electron chi connectivity index (χ3n) is 6.00. The van der Waals surface area contributed by atoms with E-state index in [1.807, 2.05) is 25.1 Å². The van der Waals surface area contributed by atoms with Gasteiger partial charge in [-0.1, -0.05) is 24.3 Å². The number of fused-ring (bicyclic) bond motifs is 1. The highest BCUT2D eigenvalue weighted by Gasteiger charge is 2.34. The highest BCUT2D eigenvalue weighted by molar-refractivity contribution is 6.11. The lowest BCUT2D eigenvalue weighted by Crippen LogP contribution is -2.53. The topological polar surface area (TPSA) is 102 Å². The molecule has 162 valence electrons. The second-order valence-corrected chi connectivity index (χ2v) is 7.98. The lowest BCUT2D eigenvalue weighted by molar-refractivity contribution is -0.126. The van der Waals surface area contributed by atoms with Crippen LogP contribution in [0.15, 0.2) is 48.5 Å². The summed E-state index contributed by atoms with van der Waals surface area (Å²) in [5.41, 5.74) is 1.75. The molecule has 3 amide bonds. The summed E-state index contributed by atoms with van der Waals surface area (Å²) in [5.74, 6) is -0.599. The quantitative estimate of drug-likeness (QED) is 0.657. The van der Waals surface area contributed by atoms with E-state index in [-0.39, 0.29) is 35.9 Å². The Morgan fingerprint density at radius 1 is 1.10 bits per heavy atom. The van der Waals surface area contributed by atoms with Gasteiger partial charge in [0, 0.05) is 5.92 Å². The Morgan fingerprint density at radius 3 is 2.52 bits per heavy atom. The second-order valence-electron chi connectivity index (χ2n) is 7.98. The summed E-state index contributed by atoms with van der Waals surface area (Å²) in [4.78, 5) is 41.4. The number of likely N-dealkylation sites (tertiary alicyclic amines) is 1. The number of nitrogens with one attached hydrogen (secondary N) is 2. The van der Waals surface area contributed by atoms with Gasteiger partial charge in [-0.25, -0.2) is 0 Å². The van der Waals surface area contributed by atoms with E-state index >= 15 is 0 Å². The molecule has 2 aliphatic heterocycles. The maximum Gasteiger partial charge on any atom is 0.244 e. The SMILES string of the molecule is C[C@H](C(=O)N1CC(=O)Nc2ccccc21)N1CCC(C(=O)Nc2ccccc2O)CC1. The first-order valence-electron chi connectivity index (χ1n) is 10.5. The number of hydrogen-bond acceptors (Lipinski definition) is 5. The van der Waals surface area contributed by atoms with Gasteiger partial charge < -0.3 is 15.7 Å². The summed E-state index contributed by atoms with van der Waals surface area (Å²) in [6, 6.07) is 13.5. The third-order valence-corrected chi connectivity index (χ3v) is 6.00. The van der Waals surface area contributed by atoms with E-state index in [2.05, 4.69) is 15.5 Å². The maximum absolute atomic E-state index is 13.2. The molecule has 4 rings (SSSR count). The van der Waals surface area contributed by atoms with E-state index in [0.29, 0.717) is 43.0 Å². The Kier molecular flexibility index (Phi) is 5.90. The fourth-order valence-electron chi connectivity index (χ4n) is 4.17. The van der Waals surface area contributed by atoms with E-state index < -0.39 is 6.04 Å². The number of rotatable bonds is 4. The summed E-state index contributed by atoms with van der Waals surface area (Å²) < 4.78 is 0. The number of phenols is 1. The molecule has 2 aromatic carbocycles. The lowest BCUT2D eigenvalue weighted by Gasteiger charge is -2.38. The average molecular weight is 422 g/mol. The molecule has 2 aromatic rings. The fourth-order valence-corrected chi connectivity index (χ4v) is 4.17. The minimum atomic E-state index is -0.402. The smallest absolute Gasteiger partial charge is 0.244 e. The maximum atomic E-state index is 13.2. The largest absolute Gasteiger partial charge is 0.506 e. The number of benzene rings is 2. The van der Waals surface area contributed by atoms with E-state index in [0.717, 1.165) is 0 Å². The van der Waals surface area contributed by atoms with Gasteiger partial charge in [-0.2, -0.15) is 0 Å². The summed E-state index contributed by atoms with van der Waals surface area (Å²) in [5, 5.41) is 15.4. The first kappa shape index (κ1) is 20.9. The van der Waals surface area contributed by atoms with Crippen molar-refractivity contribution in [3.05, 3.63) is 48.5 Å². The van der Waals surface area contributed by atoms with Gasteiger partial charge in [0.1, 0.15) is 12.3 Å². The highest BCUT2D eigenvalue weighted by atomic mass is 16.3. The van der Waals surface area contributed by atoms with Crippen LogP contribution in [0.3, 0.4) is 0 Å². The van der Waals surface area contributed by atoms with Crippen molar-refractivity contribution >= 4 is 34.8 Å². The zero-order chi connectivity index (χ0) is 22.0. The van der Waals surface area contributed by atoms with Crippen molar-refractivity contribution in [2.45, 2.75) is 25.8 Å². The molecule has 1 fully saturated rings. The number of para-hydroxylation sites is 4. The Hall–Kier alpha value is -3.39. The van der Waals surface area contributed by atoms with Crippen LogP contribution in [0.2, 0.25) is 0 Å². The molecule has 0 aliphatic carbocycles. The first-order valence-corrected chi connectivity index (χ1v) is 10.5. The molecule has 1 atom stereocenters. The molecule has 0 spiro atoms. The predicted molar refractivity (Wildman–Crippen MR) is 118 cm³/mol. The van der Waals surface area contributed by atoms with Crippen LogP contribution in [-0.4, -0.2) is 53.4 Å². The van der Waals surface area contributed by atoms with Gasteiger partial charge in [0.05, 0.1) is 23.1 Å². The van der Waals surface area contributed by atoms with Crippen LogP contribution in [0.5, 0.6) is 5.75 Å². The number of amides is 3. The molecule has 31 heavy (non-hydrogen) atoms. The summed E-state index contributed by atoms with van der Waals surface area (Å²) in [7, 11) is 0. The number of nitrogens with zero attached hydrogens (tertiary/aromatic N) is 2. The van der Waals surface area contributed by atoms with Crippen molar-refractivity contribution < 1.29 is 19.5 Å². The molecular formula is C23H26N4O4. The molecule has 2 heterocycles. The first-order chi connectivity index (χ1) is 14.9. The molecule has 0 unspecified atom stereocenters. The van der Waals surface area contributed by atoms with E-state index in [9.17, 15) is 19.5 Å². The number of anilines is 3. The van der Waals surface area contributed by atoms with Crippen molar-refractivity contribution in [3.8, 4) is 5.75 Å². The summed E-state index contributed by atoms with van der Waals surface area (Å²) in [6.07, 6.45) is 1.24. The van der Waals surface area contributed by atoms with Crippen molar-refractivity contribution in [2.75, 3.05) is 35.2 Å². The normalized spacial score (nSPS) is 18.1. The average Bonchev–Trinajstić information content (AvgIpc) is 2.79. The van der Waals surface area contributed by atoms with Crippen LogP contribution in [0.1, 0.15) is 19.8 Å². The van der Waals surface area contributed by atoms with Gasteiger partial charge in [0.15, 0.2) is 0 Å². The second kappa shape index (κ2) is 8.77. The standard InChI is InChI=1S/C23H26N4O4/c1-15(23(31)27-14-21(29)24-17-6-2-4-8-19(17)27)26-12-10-16(11-13-26)22(30)25-18-7-3-5-9-20(18)28/h2-9,15-16,28H,10-14H2,1H3,(H,24,29)(H,25,30)/t15-/m1/s1. The van der Waals surface area contributed by atoms with Crippen LogP contribution in [0, 0.1) is 5.92 Å². The molecule has 8 heteroatoms. The van der Waals surface area contributed by atoms with Crippen molar-refractivity contribution in [1.29, 1.82) is 0 Å². The summed E-state index contributed by atoms with van der Waals surface area (Å²) >= 11 is 0. The third kappa shape index (κ3) is 4.39. The van der Waals surface area contributed by atoms with E-state index in [4.69, 9.17) is 0 Å². The van der Waals surface area contributed by atoms with Gasteiger partial charge in [-0.15, -0.1) is 0 Å². The van der Waals surface area contributed by atoms with Crippen LogP contribution in [-0.2, 0) is 14.4 Å². The van der Waals surface area contributed by atoms with Gasteiger partial charge in [0.2, 0.25) is 17.7 Å². The number of carbonyl (C=O) groups is 3. The number of phenolic OH excluding ortho intramolecular Hbond substituents is 1. The Bertz CT molecular complexity index is 1000. The van der Waals surface area contributed by atoms with E-state index in [1.165, 1.54) is 11.0 Å². The Morgan fingerprint density at radius 2 is 1.77 bits per heavy atom. The minimum Gasteiger partial charge on any atom is -0.506 e. The zero-order valence-electron chi connectivity index (χ0n) is 17.4. The molecule has 0 saturated carbocycles. The molecule has 2 aliphatic rings. The molecule has 0 aromatic heterocycles. The monoisotopic (exact) mass is 422 g/mol. The van der Waals surface area contributed by atoms with Crippen molar-refractivity contribution in [2.24, 2.45) is 5.92 Å². The fraction of sp³-hybridized carbons (Fsp3) is 0.348. The van der Waals surface area contributed by atoms with Gasteiger partial charge in [-0.05, 0) is 57.1 Å². The number of carbonyl (C=O) groups excluding carboxylic acids is 3. The molecule has 0 radical (unpaired) electrons. The number of piperidine rings is 1. The molecule has 8 nitrogen and oxygen atoms in total. The zero-order valence-corrected chi connectivity index (χ0v) is 17.4. The van der Waals surface area contributed by atoms with Gasteiger partial charge in [0.25, 0.3) is 0 Å². The van der Waals surface area contributed by atoms with Crippen LogP contribution in [0.4, 0.5) is 17.1 Å². The van der Waals surface area contributed by atoms with Crippen molar-refractivity contribution in [3.63, 3.8) is 0 Å². The minimum absolute atomic E-state index is 0.000371. The van der Waals surface area contributed by atoms with E-state index in [1.54, 1.807) is 24.3 Å². The van der Waals surface area contributed by atoms with Gasteiger partial charge >= 0.3 is 0 Å². The molecule has 0 bridgehead atoms. The molecular weight excluding hydrogens is 396 g/mol.